The van der Waals surface area contributed by atoms with Gasteiger partial charge in [-0.1, -0.05) is 12.1 Å². The van der Waals surface area contributed by atoms with E-state index in [0.717, 1.165) is 12.1 Å². The molecule has 2 aliphatic rings. The molecule has 2 aliphatic heterocycles. The van der Waals surface area contributed by atoms with E-state index in [2.05, 4.69) is 10.3 Å². The van der Waals surface area contributed by atoms with Crippen molar-refractivity contribution in [3.05, 3.63) is 64.3 Å². The molecule has 4 rings (SSSR count). The van der Waals surface area contributed by atoms with Gasteiger partial charge in [-0.05, 0) is 37.5 Å². The third-order valence-electron chi connectivity index (χ3n) is 5.87. The Bertz CT molecular complexity index is 972. The Balaban J connectivity index is 1.62. The summed E-state index contributed by atoms with van der Waals surface area (Å²) in [6, 6.07) is 9.60. The van der Waals surface area contributed by atoms with Gasteiger partial charge in [-0.25, -0.2) is 0 Å². The van der Waals surface area contributed by atoms with Crippen molar-refractivity contribution >= 4 is 11.8 Å². The van der Waals surface area contributed by atoms with Crippen LogP contribution in [-0.4, -0.2) is 51.9 Å². The number of likely N-dealkylation sites (tertiary alicyclic amines) is 1. The highest BCUT2D eigenvalue weighted by Gasteiger charge is 2.42. The molecule has 0 aliphatic carbocycles. The molecule has 0 spiro atoms. The molecule has 29 heavy (non-hydrogen) atoms. The fraction of sp³-hybridized carbons (Fsp3) is 0.429. The molecule has 4 atom stereocenters. The minimum atomic E-state index is -0.561. The van der Waals surface area contributed by atoms with Crippen LogP contribution in [0.2, 0.25) is 0 Å². The Hall–Kier alpha value is -3.00. The average Bonchev–Trinajstić information content (AvgIpc) is 2.73. The van der Waals surface area contributed by atoms with Crippen LogP contribution in [0.1, 0.15) is 41.5 Å². The van der Waals surface area contributed by atoms with Gasteiger partial charge in [-0.2, -0.15) is 0 Å². The van der Waals surface area contributed by atoms with E-state index in [1.165, 1.54) is 0 Å². The van der Waals surface area contributed by atoms with E-state index in [-0.39, 0.29) is 35.3 Å². The number of pyridine rings is 2. The van der Waals surface area contributed by atoms with E-state index >= 15 is 0 Å². The molecule has 3 N–H and O–H groups in total. The minimum Gasteiger partial charge on any atom is -0.349 e. The van der Waals surface area contributed by atoms with Crippen molar-refractivity contribution in [1.82, 2.24) is 19.8 Å². The summed E-state index contributed by atoms with van der Waals surface area (Å²) in [5, 5.41) is 2.92. The van der Waals surface area contributed by atoms with E-state index in [1.54, 1.807) is 52.9 Å². The molecule has 0 saturated carbocycles. The van der Waals surface area contributed by atoms with Crippen molar-refractivity contribution in [2.24, 2.45) is 11.7 Å². The van der Waals surface area contributed by atoms with Crippen molar-refractivity contribution in [2.75, 3.05) is 19.6 Å². The summed E-state index contributed by atoms with van der Waals surface area (Å²) in [5.74, 6) is -0.207. The van der Waals surface area contributed by atoms with Gasteiger partial charge in [0, 0.05) is 43.5 Å². The minimum absolute atomic E-state index is 0.0630. The van der Waals surface area contributed by atoms with E-state index in [0.29, 0.717) is 25.3 Å². The molecule has 0 radical (unpaired) electrons. The number of piperidine rings is 1. The van der Waals surface area contributed by atoms with Crippen LogP contribution in [0.15, 0.2) is 47.4 Å². The fourth-order valence-corrected chi connectivity index (χ4v) is 4.56. The van der Waals surface area contributed by atoms with Crippen molar-refractivity contribution in [3.8, 4) is 0 Å². The number of hydrogen-bond donors (Lipinski definition) is 2. The summed E-state index contributed by atoms with van der Waals surface area (Å²) in [6.45, 7) is 3.08. The molecule has 152 valence electrons. The molecule has 8 nitrogen and oxygen atoms in total. The highest BCUT2D eigenvalue weighted by molar-refractivity contribution is 5.92. The quantitative estimate of drug-likeness (QED) is 0.784. The number of nitrogens with zero attached hydrogens (tertiary/aromatic N) is 3. The van der Waals surface area contributed by atoms with Gasteiger partial charge in [-0.15, -0.1) is 0 Å². The van der Waals surface area contributed by atoms with Crippen LogP contribution in [0.3, 0.4) is 0 Å². The summed E-state index contributed by atoms with van der Waals surface area (Å²) in [6.07, 6.45) is 2.44. The van der Waals surface area contributed by atoms with Crippen molar-refractivity contribution in [3.63, 3.8) is 0 Å². The van der Waals surface area contributed by atoms with Gasteiger partial charge < -0.3 is 20.5 Å². The smallest absolute Gasteiger partial charge is 0.269 e. The van der Waals surface area contributed by atoms with Crippen molar-refractivity contribution < 1.29 is 9.59 Å². The Morgan fingerprint density at radius 2 is 2.07 bits per heavy atom. The monoisotopic (exact) mass is 395 g/mol. The predicted molar refractivity (Wildman–Crippen MR) is 107 cm³/mol. The molecule has 4 heterocycles. The van der Waals surface area contributed by atoms with Gasteiger partial charge >= 0.3 is 0 Å². The molecule has 2 bridgehead atoms. The summed E-state index contributed by atoms with van der Waals surface area (Å²) in [5.41, 5.74) is 6.98. The standard InChI is InChI=1S/C21H25N5O3/c1-13(22)21(29)25-11-14-9-15(12-25)18(26-17(14)6-4-7-19(26)27)10-24-20(28)16-5-2-3-8-23-16/h2-8,13-15,18H,9-12,22H2,1H3,(H,24,28)/t13-,14-,15+,18+/m1/s1. The lowest BCUT2D eigenvalue weighted by Crippen LogP contribution is -2.55. The summed E-state index contributed by atoms with van der Waals surface area (Å²) < 4.78 is 1.80. The first-order chi connectivity index (χ1) is 14.0. The third-order valence-corrected chi connectivity index (χ3v) is 5.87. The number of fused-ring (bicyclic) bond motifs is 4. The highest BCUT2D eigenvalue weighted by Crippen LogP contribution is 2.40. The lowest BCUT2D eigenvalue weighted by atomic mass is 9.78. The number of nitrogens with one attached hydrogen (secondary N) is 1. The van der Waals surface area contributed by atoms with E-state index in [1.807, 2.05) is 6.07 Å². The topological polar surface area (TPSA) is 110 Å². The number of hydrogen-bond acceptors (Lipinski definition) is 5. The SMILES string of the molecule is C[C@@H](N)C(=O)N1C[C@H]2C[C@@H](C1)[C@H](CNC(=O)c1ccccn1)n1c2cccc1=O. The average molecular weight is 395 g/mol. The van der Waals surface area contributed by atoms with E-state index < -0.39 is 6.04 Å². The number of nitrogens with two attached hydrogens (primary N) is 1. The van der Waals surface area contributed by atoms with Crippen LogP contribution in [0.5, 0.6) is 0 Å². The molecule has 0 aromatic carbocycles. The maximum absolute atomic E-state index is 12.7. The second kappa shape index (κ2) is 7.79. The lowest BCUT2D eigenvalue weighted by molar-refractivity contribution is -0.135. The number of aromatic nitrogens is 2. The first-order valence-electron chi connectivity index (χ1n) is 9.90. The third kappa shape index (κ3) is 3.67. The molecule has 0 unspecified atom stereocenters. The maximum Gasteiger partial charge on any atom is 0.269 e. The Kier molecular flexibility index (Phi) is 5.19. The predicted octanol–water partition coefficient (Wildman–Crippen LogP) is 0.507. The fourth-order valence-electron chi connectivity index (χ4n) is 4.56. The van der Waals surface area contributed by atoms with Crippen LogP contribution >= 0.6 is 0 Å². The number of amides is 2. The van der Waals surface area contributed by atoms with E-state index in [4.69, 9.17) is 5.73 Å². The number of carbonyl (C=O) groups excluding carboxylic acids is 2. The second-order valence-electron chi connectivity index (χ2n) is 7.88. The molecular weight excluding hydrogens is 370 g/mol. The molecule has 1 saturated heterocycles. The zero-order chi connectivity index (χ0) is 20.5. The van der Waals surface area contributed by atoms with Crippen molar-refractivity contribution in [2.45, 2.75) is 31.3 Å². The Morgan fingerprint density at radius 1 is 1.24 bits per heavy atom. The summed E-state index contributed by atoms with van der Waals surface area (Å²) in [7, 11) is 0. The molecule has 2 amide bonds. The highest BCUT2D eigenvalue weighted by atomic mass is 16.2. The molecule has 1 fully saturated rings. The lowest BCUT2D eigenvalue weighted by Gasteiger charge is -2.47. The molecular formula is C21H25N5O3. The van der Waals surface area contributed by atoms with Crippen LogP contribution < -0.4 is 16.6 Å². The van der Waals surface area contributed by atoms with Crippen LogP contribution in [0.4, 0.5) is 0 Å². The second-order valence-corrected chi connectivity index (χ2v) is 7.88. The van der Waals surface area contributed by atoms with Crippen molar-refractivity contribution in [1.29, 1.82) is 0 Å². The number of carbonyl (C=O) groups is 2. The summed E-state index contributed by atoms with van der Waals surface area (Å²) >= 11 is 0. The van der Waals surface area contributed by atoms with Gasteiger partial charge in [0.15, 0.2) is 0 Å². The molecule has 2 aromatic heterocycles. The number of rotatable bonds is 4. The van der Waals surface area contributed by atoms with Crippen LogP contribution in [0.25, 0.3) is 0 Å². The zero-order valence-electron chi connectivity index (χ0n) is 16.3. The van der Waals surface area contributed by atoms with Gasteiger partial charge in [0.2, 0.25) is 5.91 Å². The van der Waals surface area contributed by atoms with Gasteiger partial charge in [0.25, 0.3) is 11.5 Å². The van der Waals surface area contributed by atoms with Crippen LogP contribution in [-0.2, 0) is 4.79 Å². The largest absolute Gasteiger partial charge is 0.349 e. The van der Waals surface area contributed by atoms with Crippen LogP contribution in [0, 0.1) is 5.92 Å². The van der Waals surface area contributed by atoms with Gasteiger partial charge in [0.1, 0.15) is 5.69 Å². The Morgan fingerprint density at radius 3 is 2.79 bits per heavy atom. The normalized spacial score (nSPS) is 23.8. The Labute approximate surface area is 168 Å². The first kappa shape index (κ1) is 19.3. The van der Waals surface area contributed by atoms with Gasteiger partial charge in [-0.3, -0.25) is 19.4 Å². The molecule has 8 heteroatoms. The molecule has 2 aromatic rings. The zero-order valence-corrected chi connectivity index (χ0v) is 16.3. The summed E-state index contributed by atoms with van der Waals surface area (Å²) in [4.78, 5) is 43.6. The maximum atomic E-state index is 12.7. The first-order valence-corrected chi connectivity index (χ1v) is 9.90. The van der Waals surface area contributed by atoms with Gasteiger partial charge in [0.05, 0.1) is 12.1 Å². The van der Waals surface area contributed by atoms with E-state index in [9.17, 15) is 14.4 Å².